The molecule has 0 unspecified atom stereocenters. The zero-order valence-corrected chi connectivity index (χ0v) is 9.12. The molecule has 1 aromatic carbocycles. The molecule has 1 heteroatoms. The fourth-order valence-corrected chi connectivity index (χ4v) is 1.69. The molecule has 0 aliphatic heterocycles. The van der Waals surface area contributed by atoms with Crippen molar-refractivity contribution in [2.24, 2.45) is 0 Å². The van der Waals surface area contributed by atoms with Gasteiger partial charge in [-0.1, -0.05) is 0 Å². The molecule has 0 saturated carbocycles. The zero-order valence-electron chi connectivity index (χ0n) is 9.12. The van der Waals surface area contributed by atoms with Gasteiger partial charge in [-0.05, 0) is 27.7 Å². The van der Waals surface area contributed by atoms with Gasteiger partial charge in [0.2, 0.25) is 0 Å². The van der Waals surface area contributed by atoms with Crippen LogP contribution in [0.1, 0.15) is 33.3 Å². The van der Waals surface area contributed by atoms with Crippen molar-refractivity contribution in [3.05, 3.63) is 29.8 Å². The first-order valence-corrected chi connectivity index (χ1v) is 5.07. The van der Waals surface area contributed by atoms with E-state index in [1.807, 2.05) is 0 Å². The standard InChI is InChI=1S/C12H20N/c1-10(2)13(11(3)4)9-12-7-5-6-8-12/h5-8,10-11H,9H2,1-4H3/q-1. The molecule has 0 radical (unpaired) electrons. The molecule has 0 aromatic heterocycles. The predicted octanol–water partition coefficient (Wildman–Crippen LogP) is 3.02. The van der Waals surface area contributed by atoms with Gasteiger partial charge in [-0.3, -0.25) is 4.90 Å². The highest BCUT2D eigenvalue weighted by Crippen LogP contribution is 2.11. The summed E-state index contributed by atoms with van der Waals surface area (Å²) in [5, 5.41) is 0. The van der Waals surface area contributed by atoms with Crippen LogP contribution in [0, 0.1) is 0 Å². The summed E-state index contributed by atoms with van der Waals surface area (Å²) in [5.74, 6) is 0. The Bertz CT molecular complexity index is 213. The van der Waals surface area contributed by atoms with E-state index < -0.39 is 0 Å². The molecule has 13 heavy (non-hydrogen) atoms. The van der Waals surface area contributed by atoms with Crippen LogP contribution < -0.4 is 0 Å². The fraction of sp³-hybridized carbons (Fsp3) is 0.583. The Morgan fingerprint density at radius 1 is 1.23 bits per heavy atom. The molecule has 0 bridgehead atoms. The highest BCUT2D eigenvalue weighted by atomic mass is 15.2. The van der Waals surface area contributed by atoms with Crippen molar-refractivity contribution in [1.82, 2.24) is 4.90 Å². The van der Waals surface area contributed by atoms with Crippen molar-refractivity contribution in [3.8, 4) is 0 Å². The summed E-state index contributed by atoms with van der Waals surface area (Å²) >= 11 is 0. The molecular weight excluding hydrogens is 158 g/mol. The van der Waals surface area contributed by atoms with Crippen molar-refractivity contribution in [3.63, 3.8) is 0 Å². The van der Waals surface area contributed by atoms with E-state index in [4.69, 9.17) is 0 Å². The van der Waals surface area contributed by atoms with E-state index in [0.717, 1.165) is 6.54 Å². The lowest BCUT2D eigenvalue weighted by Crippen LogP contribution is -2.36. The Labute approximate surface area is 81.7 Å². The van der Waals surface area contributed by atoms with Gasteiger partial charge in [-0.25, -0.2) is 12.1 Å². The summed E-state index contributed by atoms with van der Waals surface area (Å²) in [4.78, 5) is 2.50. The van der Waals surface area contributed by atoms with Gasteiger partial charge in [0, 0.05) is 18.6 Å². The van der Waals surface area contributed by atoms with E-state index in [1.54, 1.807) is 0 Å². The Kier molecular flexibility index (Phi) is 3.61. The Morgan fingerprint density at radius 2 is 1.85 bits per heavy atom. The van der Waals surface area contributed by atoms with Crippen molar-refractivity contribution >= 4 is 0 Å². The lowest BCUT2D eigenvalue weighted by molar-refractivity contribution is 0.166. The van der Waals surface area contributed by atoms with Crippen LogP contribution in [0.5, 0.6) is 0 Å². The van der Waals surface area contributed by atoms with Gasteiger partial charge in [0.1, 0.15) is 0 Å². The summed E-state index contributed by atoms with van der Waals surface area (Å²) in [6, 6.07) is 9.84. The SMILES string of the molecule is CC(C)N(Cc1ccc[cH-]1)C(C)C. The molecule has 0 heterocycles. The number of rotatable bonds is 4. The van der Waals surface area contributed by atoms with Crippen molar-refractivity contribution in [1.29, 1.82) is 0 Å². The molecule has 0 N–H and O–H groups in total. The number of hydrogen-bond donors (Lipinski definition) is 0. The summed E-state index contributed by atoms with van der Waals surface area (Å²) in [5.41, 5.74) is 1.42. The molecule has 0 fully saturated rings. The lowest BCUT2D eigenvalue weighted by Gasteiger charge is -2.31. The monoisotopic (exact) mass is 178 g/mol. The minimum absolute atomic E-state index is 0.620. The topological polar surface area (TPSA) is 3.24 Å². The Balaban J connectivity index is 2.58. The van der Waals surface area contributed by atoms with Gasteiger partial charge in [0.05, 0.1) is 0 Å². The molecule has 1 nitrogen and oxygen atoms in total. The van der Waals surface area contributed by atoms with Crippen LogP contribution in [0.15, 0.2) is 24.3 Å². The summed E-state index contributed by atoms with van der Waals surface area (Å²) < 4.78 is 0. The van der Waals surface area contributed by atoms with Gasteiger partial charge in [-0.2, -0.15) is 17.7 Å². The van der Waals surface area contributed by atoms with E-state index in [0.29, 0.717) is 12.1 Å². The second-order valence-electron chi connectivity index (χ2n) is 4.15. The van der Waals surface area contributed by atoms with Crippen LogP contribution in [-0.2, 0) is 6.54 Å². The molecule has 0 atom stereocenters. The van der Waals surface area contributed by atoms with Crippen LogP contribution in [-0.4, -0.2) is 17.0 Å². The summed E-state index contributed by atoms with van der Waals surface area (Å²) in [6.07, 6.45) is 0. The smallest absolute Gasteiger partial charge is 0.00439 e. The molecule has 0 aliphatic carbocycles. The molecule has 0 aliphatic rings. The molecule has 0 amide bonds. The van der Waals surface area contributed by atoms with E-state index in [9.17, 15) is 0 Å². The van der Waals surface area contributed by atoms with E-state index >= 15 is 0 Å². The first-order valence-electron chi connectivity index (χ1n) is 5.07. The maximum atomic E-state index is 2.50. The second-order valence-corrected chi connectivity index (χ2v) is 4.15. The van der Waals surface area contributed by atoms with E-state index in [2.05, 4.69) is 56.9 Å². The minimum Gasteiger partial charge on any atom is -0.296 e. The highest BCUT2D eigenvalue weighted by molar-refractivity contribution is 5.16. The average molecular weight is 178 g/mol. The highest BCUT2D eigenvalue weighted by Gasteiger charge is 2.11. The lowest BCUT2D eigenvalue weighted by atomic mass is 10.2. The van der Waals surface area contributed by atoms with Crippen LogP contribution in [0.4, 0.5) is 0 Å². The number of nitrogens with zero attached hydrogens (tertiary/aromatic N) is 1. The van der Waals surface area contributed by atoms with Crippen LogP contribution >= 0.6 is 0 Å². The van der Waals surface area contributed by atoms with Gasteiger partial charge >= 0.3 is 0 Å². The van der Waals surface area contributed by atoms with Crippen LogP contribution in [0.25, 0.3) is 0 Å². The summed E-state index contributed by atoms with van der Waals surface area (Å²) in [7, 11) is 0. The Morgan fingerprint density at radius 3 is 2.23 bits per heavy atom. The average Bonchev–Trinajstić information content (AvgIpc) is 2.50. The van der Waals surface area contributed by atoms with Gasteiger partial charge in [0.25, 0.3) is 0 Å². The predicted molar refractivity (Wildman–Crippen MR) is 57.9 cm³/mol. The number of hydrogen-bond acceptors (Lipinski definition) is 1. The van der Waals surface area contributed by atoms with E-state index in [1.165, 1.54) is 5.56 Å². The minimum atomic E-state index is 0.620. The quantitative estimate of drug-likeness (QED) is 0.641. The first kappa shape index (κ1) is 10.4. The van der Waals surface area contributed by atoms with Crippen LogP contribution in [0.2, 0.25) is 0 Å². The third-order valence-corrected chi connectivity index (χ3v) is 2.42. The van der Waals surface area contributed by atoms with E-state index in [-0.39, 0.29) is 0 Å². The maximum Gasteiger partial charge on any atom is 0.00439 e. The second kappa shape index (κ2) is 4.52. The molecule has 1 rings (SSSR count). The largest absolute Gasteiger partial charge is 0.296 e. The van der Waals surface area contributed by atoms with Crippen molar-refractivity contribution in [2.45, 2.75) is 46.3 Å². The Hall–Kier alpha value is -0.690. The first-order chi connectivity index (χ1) is 6.11. The van der Waals surface area contributed by atoms with Gasteiger partial charge in [0.15, 0.2) is 0 Å². The third-order valence-electron chi connectivity index (χ3n) is 2.42. The molecule has 74 valence electrons. The van der Waals surface area contributed by atoms with Gasteiger partial charge < -0.3 is 0 Å². The fourth-order valence-electron chi connectivity index (χ4n) is 1.69. The summed E-state index contributed by atoms with van der Waals surface area (Å²) in [6.45, 7) is 10.1. The molecule has 0 saturated heterocycles. The zero-order chi connectivity index (χ0) is 9.84. The van der Waals surface area contributed by atoms with Crippen LogP contribution in [0.3, 0.4) is 0 Å². The van der Waals surface area contributed by atoms with Crippen molar-refractivity contribution < 1.29 is 0 Å². The van der Waals surface area contributed by atoms with Gasteiger partial charge in [-0.15, -0.1) is 0 Å². The third kappa shape index (κ3) is 2.92. The molecular formula is C12H20N-. The van der Waals surface area contributed by atoms with Crippen molar-refractivity contribution in [2.75, 3.05) is 0 Å². The molecule has 1 aromatic rings. The maximum absolute atomic E-state index is 2.50. The molecule has 0 spiro atoms. The normalized spacial score (nSPS) is 11.9.